The van der Waals surface area contributed by atoms with E-state index in [1.165, 1.54) is 11.3 Å². The van der Waals surface area contributed by atoms with E-state index < -0.39 is 0 Å². The molecule has 2 heterocycles. The molecule has 1 N–H and O–H groups in total. The molecule has 0 radical (unpaired) electrons. The van der Waals surface area contributed by atoms with Crippen molar-refractivity contribution >= 4 is 47.1 Å². The van der Waals surface area contributed by atoms with Crippen molar-refractivity contribution < 1.29 is 5.11 Å². The number of nitrogens with zero attached hydrogens (tertiary/aromatic N) is 2. The predicted molar refractivity (Wildman–Crippen MR) is 108 cm³/mol. The average molecular weight is 364 g/mol. The van der Waals surface area contributed by atoms with Crippen molar-refractivity contribution in [1.82, 2.24) is 4.57 Å². The minimum atomic E-state index is -0.0263. The van der Waals surface area contributed by atoms with Crippen LogP contribution in [0.3, 0.4) is 0 Å². The minimum Gasteiger partial charge on any atom is -0.493 e. The van der Waals surface area contributed by atoms with E-state index in [0.29, 0.717) is 3.95 Å². The molecule has 1 aromatic heterocycles. The molecule has 3 aromatic rings. The number of thiazole rings is 1. The fraction of sp³-hybridized carbons (Fsp3) is 0.100. The molecule has 0 fully saturated rings. The number of hydrogen-bond acceptors (Lipinski definition) is 4. The number of fused-ring (bicyclic) bond motifs is 1. The second-order valence-electron chi connectivity index (χ2n) is 5.89. The van der Waals surface area contributed by atoms with E-state index in [-0.39, 0.29) is 11.9 Å². The number of hydrogen-bond donors (Lipinski definition) is 1. The molecule has 4 rings (SSSR count). The Kier molecular flexibility index (Phi) is 4.11. The van der Waals surface area contributed by atoms with Gasteiger partial charge in [-0.1, -0.05) is 48.5 Å². The van der Waals surface area contributed by atoms with Gasteiger partial charge in [0.2, 0.25) is 5.88 Å². The Hall–Kier alpha value is -2.50. The number of aromatic hydroxyl groups is 1. The first-order chi connectivity index (χ1) is 12.1. The van der Waals surface area contributed by atoms with Gasteiger partial charge in [-0.15, -0.1) is 11.3 Å². The Labute approximate surface area is 155 Å². The van der Waals surface area contributed by atoms with Crippen molar-refractivity contribution in [2.75, 3.05) is 0 Å². The topological polar surface area (TPSA) is 37.5 Å². The fourth-order valence-electron chi connectivity index (χ4n) is 3.01. The lowest BCUT2D eigenvalue weighted by Gasteiger charge is -2.15. The van der Waals surface area contributed by atoms with Gasteiger partial charge in [0.1, 0.15) is 0 Å². The van der Waals surface area contributed by atoms with Crippen LogP contribution in [0.25, 0.3) is 11.6 Å². The molecule has 0 saturated carbocycles. The van der Waals surface area contributed by atoms with Crippen LogP contribution in [0.5, 0.6) is 5.88 Å². The van der Waals surface area contributed by atoms with Crippen molar-refractivity contribution in [1.29, 1.82) is 0 Å². The number of aromatic nitrogens is 1. The van der Waals surface area contributed by atoms with Crippen LogP contribution >= 0.6 is 23.6 Å². The second kappa shape index (κ2) is 6.43. The Morgan fingerprint density at radius 2 is 1.84 bits per heavy atom. The van der Waals surface area contributed by atoms with Gasteiger partial charge >= 0.3 is 0 Å². The van der Waals surface area contributed by atoms with E-state index >= 15 is 0 Å². The highest BCUT2D eigenvalue weighted by atomic mass is 32.1. The highest BCUT2D eigenvalue weighted by Crippen LogP contribution is 2.37. The summed E-state index contributed by atoms with van der Waals surface area (Å²) in [6.45, 7) is 2.04. The molecule has 1 unspecified atom stereocenters. The smallest absolute Gasteiger partial charge is 0.211 e. The summed E-state index contributed by atoms with van der Waals surface area (Å²) in [5.41, 5.74) is 4.12. The molecule has 1 atom stereocenters. The van der Waals surface area contributed by atoms with E-state index in [1.54, 1.807) is 4.57 Å². The molecule has 0 bridgehead atoms. The Morgan fingerprint density at radius 3 is 2.64 bits per heavy atom. The van der Waals surface area contributed by atoms with E-state index in [0.717, 1.165) is 27.3 Å². The van der Waals surface area contributed by atoms with Crippen molar-refractivity contribution in [3.05, 3.63) is 74.6 Å². The first kappa shape index (κ1) is 16.0. The molecule has 1 aliphatic rings. The molecule has 0 saturated heterocycles. The Bertz CT molecular complexity index is 1050. The molecule has 2 aromatic carbocycles. The maximum absolute atomic E-state index is 10.8. The van der Waals surface area contributed by atoms with E-state index in [9.17, 15) is 5.11 Å². The molecule has 0 spiro atoms. The molecular formula is C20H16N2OS2. The van der Waals surface area contributed by atoms with Crippen LogP contribution in [0.1, 0.15) is 29.0 Å². The molecule has 124 valence electrons. The number of aliphatic imine (C=N–C) groups is 1. The Morgan fingerprint density at radius 1 is 1.12 bits per heavy atom. The van der Waals surface area contributed by atoms with E-state index in [2.05, 4.69) is 4.99 Å². The highest BCUT2D eigenvalue weighted by molar-refractivity contribution is 7.73. The largest absolute Gasteiger partial charge is 0.493 e. The van der Waals surface area contributed by atoms with Crippen molar-refractivity contribution in [2.24, 2.45) is 4.99 Å². The molecule has 0 amide bonds. The van der Waals surface area contributed by atoms with Crippen LogP contribution in [0.15, 0.2) is 59.6 Å². The fourth-order valence-corrected chi connectivity index (χ4v) is 4.43. The number of rotatable bonds is 3. The van der Waals surface area contributed by atoms with Gasteiger partial charge in [-0.05, 0) is 36.8 Å². The quantitative estimate of drug-likeness (QED) is 0.592. The van der Waals surface area contributed by atoms with E-state index in [1.807, 2.05) is 73.8 Å². The zero-order valence-corrected chi connectivity index (χ0v) is 15.2. The lowest BCUT2D eigenvalue weighted by atomic mass is 10.1. The SMILES string of the molecule is CC(c1ccccc1)n1c(O)c(/C=C2\C=Nc3ccccc32)sc1=S. The van der Waals surface area contributed by atoms with E-state index in [4.69, 9.17) is 12.2 Å². The average Bonchev–Trinajstić information content (AvgIpc) is 3.17. The molecule has 5 heteroatoms. The lowest BCUT2D eigenvalue weighted by Crippen LogP contribution is -2.05. The predicted octanol–water partition coefficient (Wildman–Crippen LogP) is 5.85. The summed E-state index contributed by atoms with van der Waals surface area (Å²) in [7, 11) is 0. The van der Waals surface area contributed by atoms with Crippen LogP contribution < -0.4 is 0 Å². The van der Waals surface area contributed by atoms with Crippen LogP contribution in [0, 0.1) is 3.95 Å². The second-order valence-corrected chi connectivity index (χ2v) is 7.56. The third-order valence-corrected chi connectivity index (χ3v) is 5.69. The van der Waals surface area contributed by atoms with Crippen molar-refractivity contribution in [3.8, 4) is 5.88 Å². The van der Waals surface area contributed by atoms with Crippen molar-refractivity contribution in [2.45, 2.75) is 13.0 Å². The van der Waals surface area contributed by atoms with Crippen LogP contribution in [-0.2, 0) is 0 Å². The van der Waals surface area contributed by atoms with Crippen LogP contribution in [0.2, 0.25) is 0 Å². The van der Waals surface area contributed by atoms with Crippen molar-refractivity contribution in [3.63, 3.8) is 0 Å². The first-order valence-corrected chi connectivity index (χ1v) is 9.22. The summed E-state index contributed by atoms with van der Waals surface area (Å²) < 4.78 is 2.46. The molecule has 0 aliphatic carbocycles. The summed E-state index contributed by atoms with van der Waals surface area (Å²) in [5, 5.41) is 10.8. The number of allylic oxidation sites excluding steroid dienone is 1. The normalized spacial score (nSPS) is 15.5. The number of para-hydroxylation sites is 1. The molecular weight excluding hydrogens is 348 g/mol. The maximum atomic E-state index is 10.8. The first-order valence-electron chi connectivity index (χ1n) is 7.99. The zero-order valence-electron chi connectivity index (χ0n) is 13.6. The standard InChI is InChI=1S/C20H16N2OS2/c1-13(14-7-3-2-4-8-14)22-19(23)18(25-20(22)24)11-15-12-21-17-10-6-5-9-16(15)17/h2-13,23H,1H3/b15-11+. The summed E-state index contributed by atoms with van der Waals surface area (Å²) in [6, 6.07) is 18.0. The molecule has 1 aliphatic heterocycles. The minimum absolute atomic E-state index is 0.0263. The van der Waals surface area contributed by atoms with Gasteiger partial charge in [-0.3, -0.25) is 9.56 Å². The number of benzene rings is 2. The highest BCUT2D eigenvalue weighted by Gasteiger charge is 2.18. The van der Waals surface area contributed by atoms with Crippen LogP contribution in [-0.4, -0.2) is 15.9 Å². The maximum Gasteiger partial charge on any atom is 0.211 e. The van der Waals surface area contributed by atoms with Gasteiger partial charge in [0, 0.05) is 17.4 Å². The van der Waals surface area contributed by atoms with Gasteiger partial charge in [-0.2, -0.15) is 0 Å². The molecule has 3 nitrogen and oxygen atoms in total. The van der Waals surface area contributed by atoms with Gasteiger partial charge in [0.15, 0.2) is 3.95 Å². The van der Waals surface area contributed by atoms with Gasteiger partial charge in [-0.25, -0.2) is 0 Å². The summed E-state index contributed by atoms with van der Waals surface area (Å²) in [6.07, 6.45) is 3.79. The lowest BCUT2D eigenvalue weighted by molar-refractivity contribution is 0.404. The van der Waals surface area contributed by atoms with Crippen LogP contribution in [0.4, 0.5) is 5.69 Å². The molecule has 25 heavy (non-hydrogen) atoms. The van der Waals surface area contributed by atoms with Gasteiger partial charge < -0.3 is 5.11 Å². The van der Waals surface area contributed by atoms with Gasteiger partial charge in [0.05, 0.1) is 16.6 Å². The summed E-state index contributed by atoms with van der Waals surface area (Å²) in [5.74, 6) is 0.205. The zero-order chi connectivity index (χ0) is 17.4. The Balaban J connectivity index is 1.76. The third kappa shape index (κ3) is 2.86. The monoisotopic (exact) mass is 364 g/mol. The summed E-state index contributed by atoms with van der Waals surface area (Å²) >= 11 is 6.93. The third-order valence-electron chi connectivity index (χ3n) is 4.36. The van der Waals surface area contributed by atoms with Gasteiger partial charge in [0.25, 0.3) is 0 Å². The summed E-state index contributed by atoms with van der Waals surface area (Å²) in [4.78, 5) is 5.17.